The number of fused-ring (bicyclic) bond motifs is 1. The zero-order valence-electron chi connectivity index (χ0n) is 12.6. The SMILES string of the molecule is Cc1cc2c(NCCCOC3CCCCC3)ncnc2s1. The summed E-state index contributed by atoms with van der Waals surface area (Å²) in [6.45, 7) is 3.84. The molecule has 0 atom stereocenters. The molecule has 0 aliphatic heterocycles. The Balaban J connectivity index is 1.44. The van der Waals surface area contributed by atoms with Gasteiger partial charge >= 0.3 is 0 Å². The van der Waals surface area contributed by atoms with Crippen molar-refractivity contribution >= 4 is 27.4 Å². The minimum absolute atomic E-state index is 0.504. The predicted molar refractivity (Wildman–Crippen MR) is 88.1 cm³/mol. The van der Waals surface area contributed by atoms with Gasteiger partial charge in [0.15, 0.2) is 0 Å². The molecule has 114 valence electrons. The lowest BCUT2D eigenvalue weighted by atomic mass is 9.98. The maximum absolute atomic E-state index is 5.94. The molecule has 0 amide bonds. The number of thiophene rings is 1. The summed E-state index contributed by atoms with van der Waals surface area (Å²) in [4.78, 5) is 11.0. The minimum atomic E-state index is 0.504. The van der Waals surface area contributed by atoms with Gasteiger partial charge in [-0.1, -0.05) is 19.3 Å². The molecular weight excluding hydrogens is 282 g/mol. The number of hydrogen-bond acceptors (Lipinski definition) is 5. The summed E-state index contributed by atoms with van der Waals surface area (Å²) in [5, 5.41) is 4.55. The summed E-state index contributed by atoms with van der Waals surface area (Å²) >= 11 is 1.71. The van der Waals surface area contributed by atoms with Crippen molar-refractivity contribution in [2.45, 2.75) is 51.6 Å². The number of hydrogen-bond donors (Lipinski definition) is 1. The van der Waals surface area contributed by atoms with E-state index in [1.165, 1.54) is 37.0 Å². The van der Waals surface area contributed by atoms with Crippen molar-refractivity contribution in [3.8, 4) is 0 Å². The highest BCUT2D eigenvalue weighted by atomic mass is 32.1. The summed E-state index contributed by atoms with van der Waals surface area (Å²) in [5.74, 6) is 0.946. The van der Waals surface area contributed by atoms with Crippen LogP contribution in [0.5, 0.6) is 0 Å². The number of aryl methyl sites for hydroxylation is 1. The highest BCUT2D eigenvalue weighted by Crippen LogP contribution is 2.27. The molecule has 0 unspecified atom stereocenters. The Bertz CT molecular complexity index is 578. The Morgan fingerprint density at radius 3 is 3.00 bits per heavy atom. The van der Waals surface area contributed by atoms with Crippen molar-refractivity contribution in [1.82, 2.24) is 9.97 Å². The first-order valence-electron chi connectivity index (χ1n) is 7.89. The normalized spacial score (nSPS) is 16.4. The molecular formula is C16H23N3OS. The van der Waals surface area contributed by atoms with Gasteiger partial charge in [-0.2, -0.15) is 0 Å². The van der Waals surface area contributed by atoms with Crippen LogP contribution in [-0.2, 0) is 4.74 Å². The van der Waals surface area contributed by atoms with Crippen LogP contribution in [0.3, 0.4) is 0 Å². The third kappa shape index (κ3) is 3.92. The van der Waals surface area contributed by atoms with Gasteiger partial charge in [0.05, 0.1) is 11.5 Å². The van der Waals surface area contributed by atoms with E-state index in [-0.39, 0.29) is 0 Å². The summed E-state index contributed by atoms with van der Waals surface area (Å²) < 4.78 is 5.94. The van der Waals surface area contributed by atoms with Crippen molar-refractivity contribution in [2.24, 2.45) is 0 Å². The molecule has 5 heteroatoms. The molecule has 1 fully saturated rings. The van der Waals surface area contributed by atoms with Gasteiger partial charge < -0.3 is 10.1 Å². The topological polar surface area (TPSA) is 47.0 Å². The monoisotopic (exact) mass is 305 g/mol. The average molecular weight is 305 g/mol. The van der Waals surface area contributed by atoms with Crippen molar-refractivity contribution in [2.75, 3.05) is 18.5 Å². The number of aromatic nitrogens is 2. The third-order valence-corrected chi connectivity index (χ3v) is 4.93. The Hall–Kier alpha value is -1.20. The molecule has 21 heavy (non-hydrogen) atoms. The van der Waals surface area contributed by atoms with E-state index >= 15 is 0 Å². The lowest BCUT2D eigenvalue weighted by Crippen LogP contribution is -2.18. The standard InChI is InChI=1S/C16H23N3OS/c1-12-10-14-15(18-11-19-16(14)21-12)17-8-5-9-20-13-6-3-2-4-7-13/h10-11,13H,2-9H2,1H3,(H,17,18,19). The van der Waals surface area contributed by atoms with E-state index in [1.54, 1.807) is 17.7 Å². The predicted octanol–water partition coefficient (Wildman–Crippen LogP) is 4.15. The van der Waals surface area contributed by atoms with Gasteiger partial charge in [0, 0.05) is 18.0 Å². The van der Waals surface area contributed by atoms with Gasteiger partial charge in [0.2, 0.25) is 0 Å². The Kier molecular flexibility index (Phi) is 5.04. The van der Waals surface area contributed by atoms with Crippen molar-refractivity contribution in [3.05, 3.63) is 17.3 Å². The second kappa shape index (κ2) is 7.18. The van der Waals surface area contributed by atoms with Crippen LogP contribution in [0.4, 0.5) is 5.82 Å². The summed E-state index contributed by atoms with van der Waals surface area (Å²) in [6.07, 6.45) is 9.69. The fourth-order valence-corrected chi connectivity index (χ4v) is 3.72. The Morgan fingerprint density at radius 1 is 1.29 bits per heavy atom. The van der Waals surface area contributed by atoms with E-state index in [9.17, 15) is 0 Å². The van der Waals surface area contributed by atoms with Crippen molar-refractivity contribution in [1.29, 1.82) is 0 Å². The van der Waals surface area contributed by atoms with E-state index in [1.807, 2.05) is 0 Å². The van der Waals surface area contributed by atoms with E-state index in [2.05, 4.69) is 28.3 Å². The van der Waals surface area contributed by atoms with E-state index in [4.69, 9.17) is 4.74 Å². The zero-order chi connectivity index (χ0) is 14.5. The molecule has 0 spiro atoms. The second-order valence-electron chi connectivity index (χ2n) is 5.71. The molecule has 1 saturated carbocycles. The number of nitrogens with one attached hydrogen (secondary N) is 1. The Labute approximate surface area is 129 Å². The van der Waals surface area contributed by atoms with E-state index < -0.39 is 0 Å². The first kappa shape index (κ1) is 14.7. The van der Waals surface area contributed by atoms with Gasteiger partial charge in [-0.15, -0.1) is 11.3 Å². The molecule has 4 nitrogen and oxygen atoms in total. The lowest BCUT2D eigenvalue weighted by Gasteiger charge is -2.21. The molecule has 1 aliphatic rings. The number of anilines is 1. The van der Waals surface area contributed by atoms with Gasteiger partial charge in [-0.25, -0.2) is 9.97 Å². The maximum Gasteiger partial charge on any atom is 0.138 e. The van der Waals surface area contributed by atoms with Crippen molar-refractivity contribution in [3.63, 3.8) is 0 Å². The minimum Gasteiger partial charge on any atom is -0.378 e. The van der Waals surface area contributed by atoms with Gasteiger partial charge in [0.1, 0.15) is 17.0 Å². The highest BCUT2D eigenvalue weighted by molar-refractivity contribution is 7.18. The summed E-state index contributed by atoms with van der Waals surface area (Å²) in [7, 11) is 0. The maximum atomic E-state index is 5.94. The van der Waals surface area contributed by atoms with Crippen LogP contribution < -0.4 is 5.32 Å². The van der Waals surface area contributed by atoms with Crippen LogP contribution in [0.15, 0.2) is 12.4 Å². The molecule has 2 aromatic heterocycles. The molecule has 0 radical (unpaired) electrons. The first-order chi connectivity index (χ1) is 10.3. The molecule has 0 saturated heterocycles. The highest BCUT2D eigenvalue weighted by Gasteiger charge is 2.13. The fourth-order valence-electron chi connectivity index (χ4n) is 2.88. The molecule has 0 aromatic carbocycles. The quantitative estimate of drug-likeness (QED) is 0.814. The summed E-state index contributed by atoms with van der Waals surface area (Å²) in [5.41, 5.74) is 0. The van der Waals surface area contributed by atoms with Crippen LogP contribution in [0.1, 0.15) is 43.4 Å². The van der Waals surface area contributed by atoms with Gasteiger partial charge in [0.25, 0.3) is 0 Å². The van der Waals surface area contributed by atoms with Crippen LogP contribution in [0.2, 0.25) is 0 Å². The molecule has 3 rings (SSSR count). The largest absolute Gasteiger partial charge is 0.378 e. The van der Waals surface area contributed by atoms with E-state index in [0.29, 0.717) is 6.10 Å². The van der Waals surface area contributed by atoms with Crippen LogP contribution in [0, 0.1) is 6.92 Å². The Morgan fingerprint density at radius 2 is 2.14 bits per heavy atom. The molecule has 2 heterocycles. The third-order valence-electron chi connectivity index (χ3n) is 3.97. The lowest BCUT2D eigenvalue weighted by molar-refractivity contribution is 0.0284. The van der Waals surface area contributed by atoms with E-state index in [0.717, 1.165) is 35.6 Å². The number of ether oxygens (including phenoxy) is 1. The molecule has 0 bridgehead atoms. The smallest absolute Gasteiger partial charge is 0.138 e. The molecule has 1 aliphatic carbocycles. The molecule has 2 aromatic rings. The van der Waals surface area contributed by atoms with Crippen LogP contribution >= 0.6 is 11.3 Å². The van der Waals surface area contributed by atoms with Crippen molar-refractivity contribution < 1.29 is 4.74 Å². The second-order valence-corrected chi connectivity index (χ2v) is 6.94. The number of nitrogens with zero attached hydrogens (tertiary/aromatic N) is 2. The molecule has 1 N–H and O–H groups in total. The summed E-state index contributed by atoms with van der Waals surface area (Å²) in [6, 6.07) is 2.15. The number of rotatable bonds is 6. The first-order valence-corrected chi connectivity index (χ1v) is 8.71. The van der Waals surface area contributed by atoms with Crippen LogP contribution in [0.25, 0.3) is 10.2 Å². The fraction of sp³-hybridized carbons (Fsp3) is 0.625. The average Bonchev–Trinajstić information content (AvgIpc) is 2.89. The van der Waals surface area contributed by atoms with Crippen LogP contribution in [-0.4, -0.2) is 29.2 Å². The van der Waals surface area contributed by atoms with Gasteiger partial charge in [-0.05, 0) is 32.3 Å². The zero-order valence-corrected chi connectivity index (χ0v) is 13.4. The van der Waals surface area contributed by atoms with Gasteiger partial charge in [-0.3, -0.25) is 0 Å².